The Kier molecular flexibility index (Phi) is 8.34. The van der Waals surface area contributed by atoms with E-state index in [2.05, 4.69) is 31.1 Å². The number of hydrogen-bond donors (Lipinski definition) is 1. The Bertz CT molecular complexity index is 1500. The number of rotatable bonds is 6. The molecule has 0 radical (unpaired) electrons. The molecule has 0 saturated carbocycles. The summed E-state index contributed by atoms with van der Waals surface area (Å²) in [6, 6.07) is 6.70. The van der Waals surface area contributed by atoms with Crippen LogP contribution in [0.4, 0.5) is 19.3 Å². The number of halogens is 2. The molecule has 2 aromatic carbocycles. The van der Waals surface area contributed by atoms with Crippen molar-refractivity contribution in [1.29, 1.82) is 0 Å². The van der Waals surface area contributed by atoms with Gasteiger partial charge in [-0.05, 0) is 88.7 Å². The molecule has 3 aliphatic heterocycles. The minimum Gasteiger partial charge on any atom is -0.444 e. The zero-order chi connectivity index (χ0) is 31.3. The van der Waals surface area contributed by atoms with Crippen LogP contribution in [0.1, 0.15) is 89.1 Å². The van der Waals surface area contributed by atoms with Crippen LogP contribution in [0.15, 0.2) is 30.5 Å². The van der Waals surface area contributed by atoms with Gasteiger partial charge in [0.1, 0.15) is 17.2 Å². The lowest BCUT2D eigenvalue weighted by atomic mass is 9.75. The minimum atomic E-state index is -0.576. The maximum Gasteiger partial charge on any atom is 0.410 e. The Labute approximate surface area is 258 Å². The van der Waals surface area contributed by atoms with Gasteiger partial charge in [0.15, 0.2) is 6.23 Å². The van der Waals surface area contributed by atoms with Crippen molar-refractivity contribution in [1.82, 2.24) is 19.6 Å². The topological polar surface area (TPSA) is 71.9 Å². The molecule has 0 bridgehead atoms. The normalized spacial score (nSPS) is 23.1. The molecule has 3 aliphatic rings. The summed E-state index contributed by atoms with van der Waals surface area (Å²) in [5.74, 6) is -1.27. The third kappa shape index (κ3) is 6.03. The van der Waals surface area contributed by atoms with Gasteiger partial charge in [-0.3, -0.25) is 4.90 Å². The molecule has 0 spiro atoms. The van der Waals surface area contributed by atoms with Crippen molar-refractivity contribution in [3.8, 4) is 0 Å². The van der Waals surface area contributed by atoms with E-state index in [1.807, 2.05) is 43.8 Å². The first-order chi connectivity index (χ1) is 20.9. The number of likely N-dealkylation sites (tertiary alicyclic amines) is 1. The number of aromatic nitrogens is 2. The number of likely N-dealkylation sites (N-methyl/N-ethyl adjacent to an activating group) is 1. The molecule has 1 amide bonds. The van der Waals surface area contributed by atoms with Gasteiger partial charge in [0.25, 0.3) is 0 Å². The summed E-state index contributed by atoms with van der Waals surface area (Å²) in [5, 5.41) is 8.94. The lowest BCUT2D eigenvalue weighted by molar-refractivity contribution is -0.0366. The largest absolute Gasteiger partial charge is 0.444 e. The number of nitrogens with zero attached hydrogens (tertiary/aromatic N) is 4. The summed E-state index contributed by atoms with van der Waals surface area (Å²) in [7, 11) is 2.05. The minimum absolute atomic E-state index is 0.0755. The molecule has 1 unspecified atom stereocenters. The smallest absolute Gasteiger partial charge is 0.410 e. The van der Waals surface area contributed by atoms with Crippen molar-refractivity contribution in [3.05, 3.63) is 58.8 Å². The van der Waals surface area contributed by atoms with Crippen LogP contribution in [0, 0.1) is 17.6 Å². The fraction of sp³-hybridized carbons (Fsp3) is 0.588. The number of nitrogens with one attached hydrogen (secondary N) is 1. The highest BCUT2D eigenvalue weighted by Gasteiger charge is 2.40. The van der Waals surface area contributed by atoms with Crippen LogP contribution in [0.3, 0.4) is 0 Å². The predicted molar refractivity (Wildman–Crippen MR) is 167 cm³/mol. The van der Waals surface area contributed by atoms with Crippen LogP contribution >= 0.6 is 0 Å². The van der Waals surface area contributed by atoms with Crippen molar-refractivity contribution in [2.75, 3.05) is 32.1 Å². The second-order valence-electron chi connectivity index (χ2n) is 14.1. The molecule has 238 valence electrons. The first-order valence-corrected chi connectivity index (χ1v) is 15.9. The van der Waals surface area contributed by atoms with Crippen molar-refractivity contribution >= 4 is 22.7 Å². The van der Waals surface area contributed by atoms with Gasteiger partial charge >= 0.3 is 6.09 Å². The SMILES string of the molecule is CC(C)C[C@H]1[C@H](c2c(F)cc(NC3CN(C(=O)OC(C)(C)C)C3)cc2F)c2ccc3c(cnn3C3CCCCO3)c2CN1C. The van der Waals surface area contributed by atoms with E-state index in [1.54, 1.807) is 4.90 Å². The number of amides is 1. The maximum absolute atomic E-state index is 16.1. The Balaban J connectivity index is 1.30. The molecule has 8 nitrogen and oxygen atoms in total. The molecule has 0 aliphatic carbocycles. The van der Waals surface area contributed by atoms with Crippen LogP contribution < -0.4 is 5.32 Å². The molecule has 44 heavy (non-hydrogen) atoms. The first-order valence-electron chi connectivity index (χ1n) is 15.9. The van der Waals surface area contributed by atoms with E-state index >= 15 is 8.78 Å². The first kappa shape index (κ1) is 30.8. The van der Waals surface area contributed by atoms with Gasteiger partial charge in [0, 0.05) is 54.8 Å². The molecule has 2 saturated heterocycles. The fourth-order valence-corrected chi connectivity index (χ4v) is 7.03. The van der Waals surface area contributed by atoms with Gasteiger partial charge in [-0.25, -0.2) is 18.3 Å². The van der Waals surface area contributed by atoms with E-state index in [0.29, 0.717) is 31.2 Å². The zero-order valence-corrected chi connectivity index (χ0v) is 26.7. The lowest BCUT2D eigenvalue weighted by Gasteiger charge is -2.42. The van der Waals surface area contributed by atoms with Gasteiger partial charge < -0.3 is 19.7 Å². The number of ether oxygens (including phenoxy) is 2. The summed E-state index contributed by atoms with van der Waals surface area (Å²) >= 11 is 0. The van der Waals surface area contributed by atoms with Gasteiger partial charge in [0.05, 0.1) is 17.8 Å². The van der Waals surface area contributed by atoms with Crippen LogP contribution in [-0.4, -0.2) is 70.1 Å². The predicted octanol–water partition coefficient (Wildman–Crippen LogP) is 7.04. The highest BCUT2D eigenvalue weighted by Crippen LogP contribution is 2.45. The summed E-state index contributed by atoms with van der Waals surface area (Å²) in [6.45, 7) is 12.0. The Morgan fingerprint density at radius 1 is 1.16 bits per heavy atom. The molecule has 3 aromatic rings. The Morgan fingerprint density at radius 2 is 1.89 bits per heavy atom. The van der Waals surface area contributed by atoms with Gasteiger partial charge in [-0.15, -0.1) is 0 Å². The van der Waals surface area contributed by atoms with Gasteiger partial charge in [-0.1, -0.05) is 19.9 Å². The molecule has 3 atom stereocenters. The van der Waals surface area contributed by atoms with E-state index in [-0.39, 0.29) is 30.0 Å². The summed E-state index contributed by atoms with van der Waals surface area (Å²) in [4.78, 5) is 16.1. The van der Waals surface area contributed by atoms with Gasteiger partial charge in [-0.2, -0.15) is 5.10 Å². The molecular weight excluding hydrogens is 564 g/mol. The lowest BCUT2D eigenvalue weighted by Crippen LogP contribution is -2.57. The average Bonchev–Trinajstić information content (AvgIpc) is 3.35. The Hall–Kier alpha value is -3.24. The van der Waals surface area contributed by atoms with Crippen molar-refractivity contribution in [2.24, 2.45) is 5.92 Å². The molecular formula is C34H45F2N5O3. The average molecular weight is 610 g/mol. The third-order valence-corrected chi connectivity index (χ3v) is 9.06. The second kappa shape index (κ2) is 11.9. The monoisotopic (exact) mass is 609 g/mol. The summed E-state index contributed by atoms with van der Waals surface area (Å²) < 4.78 is 45.7. The highest BCUT2D eigenvalue weighted by atomic mass is 19.1. The number of carbonyl (C=O) groups is 1. The third-order valence-electron chi connectivity index (χ3n) is 9.06. The molecule has 2 fully saturated rings. The molecule has 1 aromatic heterocycles. The molecule has 1 N–H and O–H groups in total. The zero-order valence-electron chi connectivity index (χ0n) is 26.7. The standard InChI is InChI=1S/C34H45F2N5O3/c1-20(2)13-29-31(23-10-11-28-24(25(23)19-39(29)6)16-37-41(28)30-9-7-8-12-43-30)32-26(35)14-21(15-27(32)36)38-22-17-40(18-22)33(42)44-34(3,4)5/h10-11,14-16,20,22,29-31,38H,7-9,12-13,17-19H2,1-6H3/t29-,30?,31+/m0/s1. The number of carbonyl (C=O) groups excluding carboxylic acids is 1. The van der Waals surface area contributed by atoms with Crippen LogP contribution in [0.2, 0.25) is 0 Å². The van der Waals surface area contributed by atoms with E-state index in [4.69, 9.17) is 14.6 Å². The van der Waals surface area contributed by atoms with Crippen molar-refractivity contribution in [2.45, 2.75) is 96.7 Å². The second-order valence-corrected chi connectivity index (χ2v) is 14.1. The number of fused-ring (bicyclic) bond motifs is 3. The van der Waals surface area contributed by atoms with E-state index in [0.717, 1.165) is 54.3 Å². The van der Waals surface area contributed by atoms with Crippen LogP contribution in [-0.2, 0) is 16.0 Å². The molecule has 4 heterocycles. The maximum atomic E-state index is 16.1. The summed E-state index contributed by atoms with van der Waals surface area (Å²) in [5.41, 5.74) is 2.90. The van der Waals surface area contributed by atoms with Crippen molar-refractivity contribution in [3.63, 3.8) is 0 Å². The summed E-state index contributed by atoms with van der Waals surface area (Å²) in [6.07, 6.45) is 5.30. The van der Waals surface area contributed by atoms with E-state index in [9.17, 15) is 4.79 Å². The molecule has 10 heteroatoms. The van der Waals surface area contributed by atoms with Crippen LogP contribution in [0.25, 0.3) is 10.9 Å². The van der Waals surface area contributed by atoms with Crippen LogP contribution in [0.5, 0.6) is 0 Å². The quantitative estimate of drug-likeness (QED) is 0.323. The van der Waals surface area contributed by atoms with Crippen molar-refractivity contribution < 1.29 is 23.0 Å². The Morgan fingerprint density at radius 3 is 2.52 bits per heavy atom. The van der Waals surface area contributed by atoms with E-state index < -0.39 is 23.2 Å². The van der Waals surface area contributed by atoms with Gasteiger partial charge in [0.2, 0.25) is 0 Å². The number of anilines is 1. The number of hydrogen-bond acceptors (Lipinski definition) is 6. The van der Waals surface area contributed by atoms with E-state index in [1.165, 1.54) is 12.1 Å². The molecule has 6 rings (SSSR count). The highest BCUT2D eigenvalue weighted by molar-refractivity contribution is 5.84. The fourth-order valence-electron chi connectivity index (χ4n) is 7.03. The number of benzene rings is 2.